The monoisotopic (exact) mass is 256 g/mol. The fourth-order valence-corrected chi connectivity index (χ4v) is 1.78. The molecule has 2 heterocycles. The zero-order chi connectivity index (χ0) is 12.6. The summed E-state index contributed by atoms with van der Waals surface area (Å²) < 4.78 is 23.7. The molecule has 0 aromatic carbocycles. The maximum Gasteiger partial charge on any atom is 0.273 e. The molecule has 0 aliphatic carbocycles. The Kier molecular flexibility index (Phi) is 2.71. The first kappa shape index (κ1) is 11.7. The summed E-state index contributed by atoms with van der Waals surface area (Å²) in [7, 11) is -2.12. The number of rotatable bonds is 3. The molecule has 0 atom stereocenters. The number of nitrogens with zero attached hydrogens (tertiary/aromatic N) is 4. The summed E-state index contributed by atoms with van der Waals surface area (Å²) in [5, 5.41) is 14.9. The average Bonchev–Trinajstić information content (AvgIpc) is 2.82. The van der Waals surface area contributed by atoms with Crippen molar-refractivity contribution in [2.45, 2.75) is 18.5 Å². The minimum absolute atomic E-state index is 0.253. The molecule has 0 spiro atoms. The summed E-state index contributed by atoms with van der Waals surface area (Å²) in [4.78, 5) is 3.82. The van der Waals surface area contributed by atoms with Gasteiger partial charge in [0.05, 0.1) is 5.69 Å². The third-order valence-electron chi connectivity index (χ3n) is 2.26. The van der Waals surface area contributed by atoms with E-state index in [1.54, 1.807) is 17.8 Å². The Labute approximate surface area is 97.9 Å². The number of aryl methyl sites for hydroxylation is 2. The highest BCUT2D eigenvalue weighted by Crippen LogP contribution is 2.16. The van der Waals surface area contributed by atoms with E-state index in [1.165, 1.54) is 0 Å². The summed E-state index contributed by atoms with van der Waals surface area (Å²) >= 11 is 0. The van der Waals surface area contributed by atoms with Crippen molar-refractivity contribution in [3.05, 3.63) is 11.8 Å². The second-order valence-corrected chi connectivity index (χ2v) is 4.98. The standard InChI is InChI=1S/C8H12N6O2S/c1-3-5-4-6(14(2)13-5)7-10-8(12-11-7)17(9,15)16/h4H,3H2,1-2H3,(H2,9,15,16)(H,10,11,12). The lowest BCUT2D eigenvalue weighted by molar-refractivity contribution is 0.589. The molecule has 2 aromatic rings. The third-order valence-corrected chi connectivity index (χ3v) is 2.98. The van der Waals surface area contributed by atoms with E-state index in [0.29, 0.717) is 5.69 Å². The zero-order valence-electron chi connectivity index (χ0n) is 9.38. The van der Waals surface area contributed by atoms with E-state index < -0.39 is 10.0 Å². The number of aromatic nitrogens is 5. The maximum atomic E-state index is 11.0. The summed E-state index contributed by atoms with van der Waals surface area (Å²) in [6.07, 6.45) is 0.778. The second-order valence-electron chi connectivity index (χ2n) is 3.51. The number of primary sulfonamides is 1. The van der Waals surface area contributed by atoms with Crippen molar-refractivity contribution >= 4 is 10.0 Å². The van der Waals surface area contributed by atoms with Crippen molar-refractivity contribution < 1.29 is 8.42 Å². The lowest BCUT2D eigenvalue weighted by Gasteiger charge is -1.93. The smallest absolute Gasteiger partial charge is 0.264 e. The molecular weight excluding hydrogens is 244 g/mol. The molecule has 0 amide bonds. The number of nitrogens with one attached hydrogen (secondary N) is 1. The van der Waals surface area contributed by atoms with Gasteiger partial charge < -0.3 is 0 Å². The fourth-order valence-electron chi connectivity index (χ4n) is 1.40. The zero-order valence-corrected chi connectivity index (χ0v) is 10.2. The maximum absolute atomic E-state index is 11.0. The van der Waals surface area contributed by atoms with Gasteiger partial charge in [0.2, 0.25) is 0 Å². The molecule has 0 unspecified atom stereocenters. The number of sulfonamides is 1. The molecule has 9 heteroatoms. The minimum atomic E-state index is -3.86. The molecule has 0 bridgehead atoms. The molecule has 0 aliphatic heterocycles. The quantitative estimate of drug-likeness (QED) is 0.761. The van der Waals surface area contributed by atoms with Gasteiger partial charge in [-0.15, -0.1) is 0 Å². The Morgan fingerprint density at radius 1 is 1.53 bits per heavy atom. The van der Waals surface area contributed by atoms with Crippen LogP contribution in [0.3, 0.4) is 0 Å². The van der Waals surface area contributed by atoms with E-state index >= 15 is 0 Å². The van der Waals surface area contributed by atoms with E-state index in [1.807, 2.05) is 6.92 Å². The third kappa shape index (κ3) is 2.19. The summed E-state index contributed by atoms with van der Waals surface area (Å²) in [6, 6.07) is 1.80. The predicted octanol–water partition coefficient (Wildman–Crippen LogP) is -0.585. The fraction of sp³-hybridized carbons (Fsp3) is 0.375. The van der Waals surface area contributed by atoms with Crippen LogP contribution in [0.5, 0.6) is 0 Å². The highest BCUT2D eigenvalue weighted by Gasteiger charge is 2.17. The van der Waals surface area contributed by atoms with Crippen LogP contribution >= 0.6 is 0 Å². The average molecular weight is 256 g/mol. The molecule has 0 aliphatic rings. The molecular formula is C8H12N6O2S. The molecule has 2 rings (SSSR count). The van der Waals surface area contributed by atoms with Gasteiger partial charge in [-0.2, -0.15) is 15.2 Å². The summed E-state index contributed by atoms with van der Waals surface area (Å²) in [5.74, 6) is 0.253. The van der Waals surface area contributed by atoms with Crippen molar-refractivity contribution in [3.63, 3.8) is 0 Å². The number of H-pyrrole nitrogens is 1. The van der Waals surface area contributed by atoms with E-state index in [9.17, 15) is 8.42 Å². The molecule has 17 heavy (non-hydrogen) atoms. The predicted molar refractivity (Wildman–Crippen MR) is 59.3 cm³/mol. The SMILES string of the molecule is CCc1cc(-c2n[nH]c(S(N)(=O)=O)n2)n(C)n1. The second kappa shape index (κ2) is 3.93. The highest BCUT2D eigenvalue weighted by atomic mass is 32.2. The van der Waals surface area contributed by atoms with Crippen LogP contribution < -0.4 is 5.14 Å². The van der Waals surface area contributed by atoms with Crippen LogP contribution in [-0.4, -0.2) is 33.4 Å². The van der Waals surface area contributed by atoms with Gasteiger partial charge in [-0.3, -0.25) is 4.68 Å². The Morgan fingerprint density at radius 3 is 2.71 bits per heavy atom. The molecule has 0 saturated heterocycles. The Balaban J connectivity index is 2.47. The first-order chi connectivity index (χ1) is 7.91. The van der Waals surface area contributed by atoms with Crippen molar-refractivity contribution in [2.24, 2.45) is 12.2 Å². The van der Waals surface area contributed by atoms with Crippen molar-refractivity contribution in [2.75, 3.05) is 0 Å². The molecule has 3 N–H and O–H groups in total. The van der Waals surface area contributed by atoms with Gasteiger partial charge in [0, 0.05) is 7.05 Å². The van der Waals surface area contributed by atoms with E-state index in [0.717, 1.165) is 12.1 Å². The Hall–Kier alpha value is -1.74. The van der Waals surface area contributed by atoms with Crippen molar-refractivity contribution in [1.82, 2.24) is 25.0 Å². The van der Waals surface area contributed by atoms with Gasteiger partial charge in [0.25, 0.3) is 15.2 Å². The molecule has 0 saturated carbocycles. The topological polar surface area (TPSA) is 120 Å². The van der Waals surface area contributed by atoms with Gasteiger partial charge in [-0.25, -0.2) is 18.7 Å². The normalized spacial score (nSPS) is 11.9. The lowest BCUT2D eigenvalue weighted by atomic mass is 10.3. The molecule has 8 nitrogen and oxygen atoms in total. The van der Waals surface area contributed by atoms with Crippen LogP contribution in [0.15, 0.2) is 11.2 Å². The van der Waals surface area contributed by atoms with E-state index in [-0.39, 0.29) is 11.0 Å². The van der Waals surface area contributed by atoms with E-state index in [4.69, 9.17) is 5.14 Å². The molecule has 0 fully saturated rings. The first-order valence-electron chi connectivity index (χ1n) is 4.90. The van der Waals surface area contributed by atoms with Crippen LogP contribution in [0.2, 0.25) is 0 Å². The van der Waals surface area contributed by atoms with Crippen LogP contribution in [0, 0.1) is 0 Å². The number of nitrogens with two attached hydrogens (primary N) is 1. The van der Waals surface area contributed by atoms with Crippen LogP contribution in [-0.2, 0) is 23.5 Å². The summed E-state index contributed by atoms with van der Waals surface area (Å²) in [6.45, 7) is 1.97. The van der Waals surface area contributed by atoms with Gasteiger partial charge in [-0.1, -0.05) is 6.92 Å². The highest BCUT2D eigenvalue weighted by molar-refractivity contribution is 7.89. The number of hydrogen-bond acceptors (Lipinski definition) is 5. The lowest BCUT2D eigenvalue weighted by Crippen LogP contribution is -2.13. The van der Waals surface area contributed by atoms with Crippen LogP contribution in [0.1, 0.15) is 12.6 Å². The largest absolute Gasteiger partial charge is 0.273 e. The van der Waals surface area contributed by atoms with Crippen molar-refractivity contribution in [1.29, 1.82) is 0 Å². The Bertz CT molecular complexity index is 641. The van der Waals surface area contributed by atoms with Crippen LogP contribution in [0.25, 0.3) is 11.5 Å². The minimum Gasteiger partial charge on any atom is -0.264 e. The molecule has 92 valence electrons. The molecule has 0 radical (unpaired) electrons. The number of aromatic amines is 1. The first-order valence-corrected chi connectivity index (χ1v) is 6.45. The van der Waals surface area contributed by atoms with Gasteiger partial charge in [-0.05, 0) is 12.5 Å². The van der Waals surface area contributed by atoms with Gasteiger partial charge in [0.15, 0.2) is 5.82 Å². The van der Waals surface area contributed by atoms with E-state index in [2.05, 4.69) is 20.3 Å². The summed E-state index contributed by atoms with van der Waals surface area (Å²) in [5.41, 5.74) is 1.51. The number of hydrogen-bond donors (Lipinski definition) is 2. The molecule has 2 aromatic heterocycles. The van der Waals surface area contributed by atoms with Crippen LogP contribution in [0.4, 0.5) is 0 Å². The van der Waals surface area contributed by atoms with Crippen molar-refractivity contribution in [3.8, 4) is 11.5 Å². The van der Waals surface area contributed by atoms with Gasteiger partial charge in [0.1, 0.15) is 5.69 Å². The Morgan fingerprint density at radius 2 is 2.24 bits per heavy atom. The van der Waals surface area contributed by atoms with Gasteiger partial charge >= 0.3 is 0 Å².